The molecule has 3 fully saturated rings. The fourth-order valence-electron chi connectivity index (χ4n) is 8.60. The first-order valence-electron chi connectivity index (χ1n) is 13.9. The Hall–Kier alpha value is -2.28. The molecule has 1 aliphatic heterocycles. The van der Waals surface area contributed by atoms with Crippen LogP contribution in [0.5, 0.6) is 0 Å². The van der Waals surface area contributed by atoms with Gasteiger partial charge in [0.25, 0.3) is 0 Å². The number of Topliss-reactive ketones (excluding diaryl/α,β-unsaturated/α-hetero) is 1. The molecule has 1 aromatic rings. The first-order valence-corrected chi connectivity index (χ1v) is 13.9. The number of hydrogen-bond acceptors (Lipinski definition) is 6. The topological polar surface area (TPSA) is 82.1 Å². The van der Waals surface area contributed by atoms with Crippen molar-refractivity contribution in [1.82, 2.24) is 0 Å². The molecular weight excluding hydrogens is 480 g/mol. The molecule has 4 aliphatic carbocycles. The predicted molar refractivity (Wildman–Crippen MR) is 142 cm³/mol. The molecule has 1 heterocycles. The number of esters is 1. The summed E-state index contributed by atoms with van der Waals surface area (Å²) in [6.07, 6.45) is 2.88. The molecule has 0 radical (unpaired) electrons. The first kappa shape index (κ1) is 26.0. The second kappa shape index (κ2) is 7.89. The van der Waals surface area contributed by atoms with Gasteiger partial charge in [0.1, 0.15) is 6.10 Å². The minimum Gasteiger partial charge on any atom is -0.451 e. The monoisotopic (exact) mass is 520 g/mol. The number of carbonyl (C=O) groups is 2. The van der Waals surface area contributed by atoms with Gasteiger partial charge in [0.05, 0.1) is 17.6 Å². The number of carbonyl (C=O) groups excluding carboxylic acids is 2. The second-order valence-electron chi connectivity index (χ2n) is 13.5. The van der Waals surface area contributed by atoms with Crippen molar-refractivity contribution in [3.05, 3.63) is 58.2 Å². The SMILES string of the molecule is CC1=CC23C(=O)C(C=C4COC(C)(C)OC4C2(O)C1OC(=O)c1c(C)cccc1C)C1C(C[C@H]3C)C1(C)C. The van der Waals surface area contributed by atoms with Gasteiger partial charge in [-0.05, 0) is 86.5 Å². The van der Waals surface area contributed by atoms with E-state index in [1.165, 1.54) is 0 Å². The lowest BCUT2D eigenvalue weighted by atomic mass is 9.59. The maximum Gasteiger partial charge on any atom is 0.339 e. The smallest absolute Gasteiger partial charge is 0.339 e. The number of aryl methyl sites for hydroxylation is 2. The van der Waals surface area contributed by atoms with E-state index < -0.39 is 35.0 Å². The first-order chi connectivity index (χ1) is 17.7. The summed E-state index contributed by atoms with van der Waals surface area (Å²) < 4.78 is 18.8. The van der Waals surface area contributed by atoms with Gasteiger partial charge in [-0.2, -0.15) is 0 Å². The number of hydrogen-bond donors (Lipinski definition) is 1. The molecule has 0 aromatic heterocycles. The lowest BCUT2D eigenvalue weighted by Gasteiger charge is -2.52. The number of benzene rings is 1. The minimum atomic E-state index is -1.80. The molecule has 5 aliphatic rings. The van der Waals surface area contributed by atoms with E-state index in [4.69, 9.17) is 14.2 Å². The summed E-state index contributed by atoms with van der Waals surface area (Å²) in [5, 5.41) is 13.1. The van der Waals surface area contributed by atoms with Gasteiger partial charge < -0.3 is 19.3 Å². The van der Waals surface area contributed by atoms with Crippen LogP contribution in [-0.4, -0.2) is 47.1 Å². The van der Waals surface area contributed by atoms with Crippen molar-refractivity contribution >= 4 is 11.8 Å². The third-order valence-electron chi connectivity index (χ3n) is 10.6. The van der Waals surface area contributed by atoms with Crippen LogP contribution in [0.3, 0.4) is 0 Å². The molecule has 6 nitrogen and oxygen atoms in total. The van der Waals surface area contributed by atoms with Gasteiger partial charge in [0.2, 0.25) is 0 Å². The molecule has 204 valence electrons. The van der Waals surface area contributed by atoms with E-state index in [0.29, 0.717) is 17.1 Å². The number of ketones is 1. The molecule has 1 N–H and O–H groups in total. The normalized spacial score (nSPS) is 42.0. The lowest BCUT2D eigenvalue weighted by Crippen LogP contribution is -2.68. The Kier molecular flexibility index (Phi) is 5.39. The molecule has 2 saturated carbocycles. The van der Waals surface area contributed by atoms with Crippen LogP contribution in [0.1, 0.15) is 69.4 Å². The maximum absolute atomic E-state index is 14.8. The summed E-state index contributed by atoms with van der Waals surface area (Å²) in [5.41, 5.74) is 0.560. The average Bonchev–Trinajstić information content (AvgIpc) is 3.31. The van der Waals surface area contributed by atoms with Crippen LogP contribution in [0.25, 0.3) is 0 Å². The predicted octanol–water partition coefficient (Wildman–Crippen LogP) is 5.10. The summed E-state index contributed by atoms with van der Waals surface area (Å²) in [6.45, 7) is 16.1. The maximum atomic E-state index is 14.8. The van der Waals surface area contributed by atoms with Crippen molar-refractivity contribution < 1.29 is 28.9 Å². The van der Waals surface area contributed by atoms with Crippen molar-refractivity contribution in [2.24, 2.45) is 34.5 Å². The van der Waals surface area contributed by atoms with Crippen LogP contribution >= 0.6 is 0 Å². The zero-order valence-electron chi connectivity index (χ0n) is 23.8. The number of aliphatic hydroxyl groups is 1. The molecule has 7 unspecified atom stereocenters. The van der Waals surface area contributed by atoms with Crippen LogP contribution in [0.4, 0.5) is 0 Å². The Morgan fingerprint density at radius 3 is 2.42 bits per heavy atom. The molecule has 1 saturated heterocycles. The van der Waals surface area contributed by atoms with Gasteiger partial charge in [0.15, 0.2) is 23.3 Å². The average molecular weight is 521 g/mol. The van der Waals surface area contributed by atoms with Crippen LogP contribution in [0.2, 0.25) is 0 Å². The molecule has 1 spiro atoms. The Bertz CT molecular complexity index is 1280. The Labute approximate surface area is 225 Å². The highest BCUT2D eigenvalue weighted by Gasteiger charge is 2.77. The lowest BCUT2D eigenvalue weighted by molar-refractivity contribution is -0.302. The quantitative estimate of drug-likeness (QED) is 0.432. The van der Waals surface area contributed by atoms with Crippen molar-refractivity contribution in [3.63, 3.8) is 0 Å². The van der Waals surface area contributed by atoms with E-state index in [-0.39, 0.29) is 35.6 Å². The zero-order chi connectivity index (χ0) is 27.6. The number of fused-ring (bicyclic) bond motifs is 5. The van der Waals surface area contributed by atoms with Crippen molar-refractivity contribution in [1.29, 1.82) is 0 Å². The number of rotatable bonds is 2. The van der Waals surface area contributed by atoms with E-state index in [2.05, 4.69) is 20.8 Å². The van der Waals surface area contributed by atoms with Crippen LogP contribution in [-0.2, 0) is 19.0 Å². The van der Waals surface area contributed by atoms with Crippen LogP contribution in [0.15, 0.2) is 41.5 Å². The van der Waals surface area contributed by atoms with E-state index in [1.54, 1.807) is 0 Å². The van der Waals surface area contributed by atoms with Gasteiger partial charge in [-0.15, -0.1) is 0 Å². The summed E-state index contributed by atoms with van der Waals surface area (Å²) in [4.78, 5) is 28.5. The Morgan fingerprint density at radius 2 is 1.76 bits per heavy atom. The molecule has 1 aromatic carbocycles. The summed E-state index contributed by atoms with van der Waals surface area (Å²) in [6, 6.07) is 5.66. The largest absolute Gasteiger partial charge is 0.451 e. The van der Waals surface area contributed by atoms with E-state index >= 15 is 0 Å². The Balaban J connectivity index is 1.53. The highest BCUT2D eigenvalue weighted by atomic mass is 16.7. The highest BCUT2D eigenvalue weighted by Crippen LogP contribution is 2.72. The second-order valence-corrected chi connectivity index (χ2v) is 13.5. The van der Waals surface area contributed by atoms with Crippen molar-refractivity contribution in [2.45, 2.75) is 85.4 Å². The summed E-state index contributed by atoms with van der Waals surface area (Å²) in [7, 11) is 0. The number of allylic oxidation sites excluding steroid dienone is 1. The van der Waals surface area contributed by atoms with Crippen molar-refractivity contribution in [3.8, 4) is 0 Å². The molecular formula is C32H40O6. The van der Waals surface area contributed by atoms with Crippen molar-refractivity contribution in [2.75, 3.05) is 6.61 Å². The molecule has 0 amide bonds. The standard InChI is InChI=1S/C32H40O6/c1-16-10-9-11-17(2)23(16)28(34)37-26-18(3)14-31-19(4)12-22-24(29(22,5)6)21(25(31)33)13-20-15-36-30(7,8)38-27(20)32(26,31)35/h9-11,13-14,19,21-22,24,26-27,35H,12,15H2,1-8H3/t19-,21?,22?,24?,26?,27?,31?,32?/m1/s1. The van der Waals surface area contributed by atoms with E-state index in [1.807, 2.05) is 65.0 Å². The van der Waals surface area contributed by atoms with E-state index in [0.717, 1.165) is 23.1 Å². The fraction of sp³-hybridized carbons (Fsp3) is 0.625. The molecule has 38 heavy (non-hydrogen) atoms. The minimum absolute atomic E-state index is 0.0128. The van der Waals surface area contributed by atoms with Gasteiger partial charge in [-0.1, -0.05) is 51.1 Å². The Morgan fingerprint density at radius 1 is 1.11 bits per heavy atom. The van der Waals surface area contributed by atoms with Crippen LogP contribution < -0.4 is 0 Å². The summed E-state index contributed by atoms with van der Waals surface area (Å²) in [5.74, 6) is -1.39. The molecule has 6 rings (SSSR count). The fourth-order valence-corrected chi connectivity index (χ4v) is 8.60. The third-order valence-corrected chi connectivity index (χ3v) is 10.6. The van der Waals surface area contributed by atoms with Gasteiger partial charge in [-0.3, -0.25) is 4.79 Å². The van der Waals surface area contributed by atoms with Gasteiger partial charge >= 0.3 is 5.97 Å². The van der Waals surface area contributed by atoms with Gasteiger partial charge in [-0.25, -0.2) is 4.79 Å². The van der Waals surface area contributed by atoms with Crippen LogP contribution in [0, 0.1) is 48.3 Å². The zero-order valence-corrected chi connectivity index (χ0v) is 23.8. The molecule has 2 bridgehead atoms. The van der Waals surface area contributed by atoms with E-state index in [9.17, 15) is 14.7 Å². The highest BCUT2D eigenvalue weighted by molar-refractivity contribution is 5.96. The molecule has 8 atom stereocenters. The number of ether oxygens (including phenoxy) is 3. The summed E-state index contributed by atoms with van der Waals surface area (Å²) >= 11 is 0. The molecule has 6 heteroatoms. The third kappa shape index (κ3) is 3.17. The van der Waals surface area contributed by atoms with Gasteiger partial charge in [0, 0.05) is 5.92 Å².